The zero-order chi connectivity index (χ0) is 8.84. The van der Waals surface area contributed by atoms with Crippen LogP contribution in [0.5, 0.6) is 0 Å². The van der Waals surface area contributed by atoms with Gasteiger partial charge in [0, 0.05) is 17.9 Å². The summed E-state index contributed by atoms with van der Waals surface area (Å²) in [6.07, 6.45) is 4.46. The minimum absolute atomic E-state index is 0.670. The number of fused-ring (bicyclic) bond motifs is 3. The Kier molecular flexibility index (Phi) is 1.47. The van der Waals surface area contributed by atoms with Gasteiger partial charge in [-0.2, -0.15) is 0 Å². The van der Waals surface area contributed by atoms with Crippen LogP contribution in [0.2, 0.25) is 0 Å². The molecule has 2 heteroatoms. The monoisotopic (exact) mass is 174 g/mol. The quantitative estimate of drug-likeness (QED) is 0.594. The summed E-state index contributed by atoms with van der Waals surface area (Å²) in [4.78, 5) is 6.92. The Morgan fingerprint density at radius 1 is 1.54 bits per heavy atom. The normalized spacial score (nSPS) is 31.8. The predicted molar refractivity (Wildman–Crippen MR) is 51.4 cm³/mol. The lowest BCUT2D eigenvalue weighted by molar-refractivity contribution is 0.292. The largest absolute Gasteiger partial charge is 0.299 e. The van der Waals surface area contributed by atoms with E-state index in [0.717, 1.165) is 5.92 Å². The number of aromatic nitrogens is 1. The lowest BCUT2D eigenvalue weighted by Gasteiger charge is -2.18. The zero-order valence-electron chi connectivity index (χ0n) is 7.90. The first-order chi connectivity index (χ1) is 6.36. The van der Waals surface area contributed by atoms with E-state index in [1.54, 1.807) is 0 Å². The number of pyridine rings is 1. The Morgan fingerprint density at radius 2 is 2.46 bits per heavy atom. The van der Waals surface area contributed by atoms with Crippen molar-refractivity contribution in [1.82, 2.24) is 9.88 Å². The SMILES string of the molecule is CN1CC[C@@H]2Cc3ncccc3C21. The van der Waals surface area contributed by atoms with Crippen LogP contribution in [0.15, 0.2) is 18.3 Å². The summed E-state index contributed by atoms with van der Waals surface area (Å²) in [5.41, 5.74) is 2.82. The first-order valence-corrected chi connectivity index (χ1v) is 5.00. The third-order valence-electron chi connectivity index (χ3n) is 3.47. The summed E-state index contributed by atoms with van der Waals surface area (Å²) >= 11 is 0. The Balaban J connectivity index is 2.08. The molecule has 1 aromatic heterocycles. The van der Waals surface area contributed by atoms with Crippen molar-refractivity contribution < 1.29 is 0 Å². The van der Waals surface area contributed by atoms with Gasteiger partial charge in [0.15, 0.2) is 0 Å². The number of rotatable bonds is 0. The van der Waals surface area contributed by atoms with E-state index in [1.165, 1.54) is 30.6 Å². The van der Waals surface area contributed by atoms with Crippen molar-refractivity contribution in [3.05, 3.63) is 29.6 Å². The Labute approximate surface area is 78.6 Å². The topological polar surface area (TPSA) is 16.1 Å². The second kappa shape index (κ2) is 2.55. The maximum Gasteiger partial charge on any atom is 0.0455 e. The number of hydrogen-bond acceptors (Lipinski definition) is 2. The van der Waals surface area contributed by atoms with E-state index in [0.29, 0.717) is 6.04 Å². The Hall–Kier alpha value is -0.890. The average molecular weight is 174 g/mol. The molecule has 2 nitrogen and oxygen atoms in total. The van der Waals surface area contributed by atoms with Crippen molar-refractivity contribution in [2.45, 2.75) is 18.9 Å². The highest BCUT2D eigenvalue weighted by Gasteiger charge is 2.39. The zero-order valence-corrected chi connectivity index (χ0v) is 7.90. The fourth-order valence-corrected chi connectivity index (χ4v) is 2.87. The molecule has 2 aliphatic rings. The summed E-state index contributed by atoms with van der Waals surface area (Å²) in [5, 5.41) is 0. The molecule has 2 heterocycles. The van der Waals surface area contributed by atoms with E-state index in [9.17, 15) is 0 Å². The summed E-state index contributed by atoms with van der Waals surface area (Å²) in [6.45, 7) is 1.25. The Bertz CT molecular complexity index is 335. The maximum atomic E-state index is 4.45. The predicted octanol–water partition coefficient (Wildman–Crippen LogP) is 1.63. The highest BCUT2D eigenvalue weighted by Crippen LogP contribution is 2.44. The molecule has 0 spiro atoms. The van der Waals surface area contributed by atoms with E-state index in [-0.39, 0.29) is 0 Å². The molecule has 1 saturated heterocycles. The van der Waals surface area contributed by atoms with Crippen LogP contribution in [0.3, 0.4) is 0 Å². The van der Waals surface area contributed by atoms with Crippen molar-refractivity contribution in [2.24, 2.45) is 5.92 Å². The van der Waals surface area contributed by atoms with E-state index in [4.69, 9.17) is 0 Å². The first kappa shape index (κ1) is 7.51. The molecule has 68 valence electrons. The van der Waals surface area contributed by atoms with Gasteiger partial charge in [0.25, 0.3) is 0 Å². The lowest BCUT2D eigenvalue weighted by atomic mass is 10.0. The first-order valence-electron chi connectivity index (χ1n) is 5.00. The second-order valence-electron chi connectivity index (χ2n) is 4.22. The van der Waals surface area contributed by atoms with Crippen LogP contribution in [0.4, 0.5) is 0 Å². The molecule has 1 aliphatic heterocycles. The van der Waals surface area contributed by atoms with Gasteiger partial charge in [0.2, 0.25) is 0 Å². The molecule has 0 amide bonds. The van der Waals surface area contributed by atoms with Gasteiger partial charge in [-0.05, 0) is 44.0 Å². The van der Waals surface area contributed by atoms with Crippen LogP contribution in [0.1, 0.15) is 23.7 Å². The van der Waals surface area contributed by atoms with Crippen LogP contribution in [-0.2, 0) is 6.42 Å². The molecule has 0 N–H and O–H groups in total. The fraction of sp³-hybridized carbons (Fsp3) is 0.545. The lowest BCUT2D eigenvalue weighted by Crippen LogP contribution is -2.18. The van der Waals surface area contributed by atoms with Crippen LogP contribution in [-0.4, -0.2) is 23.5 Å². The summed E-state index contributed by atoms with van der Waals surface area (Å²) in [5.74, 6) is 0.842. The number of likely N-dealkylation sites (tertiary alicyclic amines) is 1. The van der Waals surface area contributed by atoms with Crippen LogP contribution in [0.25, 0.3) is 0 Å². The molecule has 13 heavy (non-hydrogen) atoms. The summed E-state index contributed by atoms with van der Waals surface area (Å²) in [7, 11) is 2.23. The van der Waals surface area contributed by atoms with Crippen molar-refractivity contribution in [2.75, 3.05) is 13.6 Å². The Morgan fingerprint density at radius 3 is 3.38 bits per heavy atom. The van der Waals surface area contributed by atoms with Gasteiger partial charge in [-0.1, -0.05) is 6.07 Å². The molecule has 0 bridgehead atoms. The molecule has 1 unspecified atom stereocenters. The van der Waals surface area contributed by atoms with Crippen molar-refractivity contribution in [1.29, 1.82) is 0 Å². The van der Waals surface area contributed by atoms with Crippen LogP contribution in [0, 0.1) is 5.92 Å². The van der Waals surface area contributed by atoms with E-state index >= 15 is 0 Å². The van der Waals surface area contributed by atoms with Gasteiger partial charge in [-0.3, -0.25) is 9.88 Å². The second-order valence-corrected chi connectivity index (χ2v) is 4.22. The molecular formula is C11H14N2. The molecule has 0 radical (unpaired) electrons. The average Bonchev–Trinajstić information content (AvgIpc) is 2.66. The summed E-state index contributed by atoms with van der Waals surface area (Å²) < 4.78 is 0. The van der Waals surface area contributed by atoms with Crippen molar-refractivity contribution in [3.63, 3.8) is 0 Å². The third kappa shape index (κ3) is 0.953. The molecule has 1 aromatic rings. The maximum absolute atomic E-state index is 4.45. The van der Waals surface area contributed by atoms with E-state index in [1.807, 2.05) is 6.20 Å². The van der Waals surface area contributed by atoms with Crippen molar-refractivity contribution in [3.8, 4) is 0 Å². The molecule has 2 atom stereocenters. The van der Waals surface area contributed by atoms with Gasteiger partial charge in [0.05, 0.1) is 0 Å². The van der Waals surface area contributed by atoms with E-state index in [2.05, 4.69) is 29.1 Å². The van der Waals surface area contributed by atoms with Gasteiger partial charge >= 0.3 is 0 Å². The smallest absolute Gasteiger partial charge is 0.0455 e. The standard InChI is InChI=1S/C11H14N2/c1-13-6-4-8-7-10-9(11(8)13)3-2-5-12-10/h2-3,5,8,11H,4,6-7H2,1H3/t8-,11?/m1/s1. The number of nitrogens with zero attached hydrogens (tertiary/aromatic N) is 2. The molecule has 0 saturated carbocycles. The van der Waals surface area contributed by atoms with Gasteiger partial charge < -0.3 is 0 Å². The van der Waals surface area contributed by atoms with Crippen LogP contribution < -0.4 is 0 Å². The van der Waals surface area contributed by atoms with Gasteiger partial charge in [0.1, 0.15) is 0 Å². The molecule has 0 aromatic carbocycles. The van der Waals surface area contributed by atoms with Gasteiger partial charge in [-0.25, -0.2) is 0 Å². The minimum Gasteiger partial charge on any atom is -0.299 e. The highest BCUT2D eigenvalue weighted by molar-refractivity contribution is 5.31. The fourth-order valence-electron chi connectivity index (χ4n) is 2.87. The van der Waals surface area contributed by atoms with Crippen molar-refractivity contribution >= 4 is 0 Å². The molecule has 1 aliphatic carbocycles. The number of hydrogen-bond donors (Lipinski definition) is 0. The van der Waals surface area contributed by atoms with E-state index < -0.39 is 0 Å². The third-order valence-corrected chi connectivity index (χ3v) is 3.47. The summed E-state index contributed by atoms with van der Waals surface area (Å²) in [6, 6.07) is 4.98. The van der Waals surface area contributed by atoms with Gasteiger partial charge in [-0.15, -0.1) is 0 Å². The molecular weight excluding hydrogens is 160 g/mol. The minimum atomic E-state index is 0.670. The highest BCUT2D eigenvalue weighted by atomic mass is 15.2. The molecule has 1 fully saturated rings. The molecule has 3 rings (SSSR count). The van der Waals surface area contributed by atoms with Crippen LogP contribution >= 0.6 is 0 Å².